The Balaban J connectivity index is 2.77. The van der Waals surface area contributed by atoms with E-state index in [1.54, 1.807) is 7.11 Å². The van der Waals surface area contributed by atoms with Crippen molar-refractivity contribution in [2.45, 2.75) is 51.6 Å². The second kappa shape index (κ2) is 5.07. The summed E-state index contributed by atoms with van der Waals surface area (Å²) in [6, 6.07) is 0. The zero-order valence-electron chi connectivity index (χ0n) is 12.2. The minimum atomic E-state index is -3.36. The lowest BCUT2D eigenvalue weighted by molar-refractivity contribution is -0.272. The van der Waals surface area contributed by atoms with Crippen LogP contribution in [0.15, 0.2) is 0 Å². The molecule has 1 fully saturated rings. The average Bonchev–Trinajstić information content (AvgIpc) is 2.10. The topological polar surface area (TPSA) is 55.8 Å². The Labute approximate surface area is 111 Å². The zero-order chi connectivity index (χ0) is 14.2. The van der Waals surface area contributed by atoms with Crippen molar-refractivity contribution < 1.29 is 17.4 Å². The number of piperidine rings is 1. The molecule has 1 aliphatic heterocycles. The fourth-order valence-corrected chi connectivity index (χ4v) is 3.74. The van der Waals surface area contributed by atoms with Crippen molar-refractivity contribution in [3.63, 3.8) is 0 Å². The fourth-order valence-electron chi connectivity index (χ4n) is 3.30. The summed E-state index contributed by atoms with van der Waals surface area (Å²) in [6.07, 6.45) is 2.78. The van der Waals surface area contributed by atoms with Gasteiger partial charge in [0.2, 0.25) is 0 Å². The van der Waals surface area contributed by atoms with E-state index in [1.165, 1.54) is 0 Å². The van der Waals surface area contributed by atoms with E-state index in [0.29, 0.717) is 0 Å². The molecular weight excluding hydrogens is 254 g/mol. The van der Waals surface area contributed by atoms with Crippen LogP contribution in [0.3, 0.4) is 0 Å². The van der Waals surface area contributed by atoms with Crippen molar-refractivity contribution in [3.05, 3.63) is 0 Å². The summed E-state index contributed by atoms with van der Waals surface area (Å²) in [6.45, 7) is 8.66. The summed E-state index contributed by atoms with van der Waals surface area (Å²) in [4.78, 5) is 5.49. The van der Waals surface area contributed by atoms with E-state index in [2.05, 4.69) is 27.7 Å². The third-order valence-corrected chi connectivity index (χ3v) is 3.94. The van der Waals surface area contributed by atoms with Crippen LogP contribution < -0.4 is 0 Å². The van der Waals surface area contributed by atoms with Gasteiger partial charge in [0.25, 0.3) is 10.1 Å². The van der Waals surface area contributed by atoms with Gasteiger partial charge in [-0.3, -0.25) is 4.18 Å². The quantitative estimate of drug-likeness (QED) is 0.734. The van der Waals surface area contributed by atoms with Crippen LogP contribution in [0.5, 0.6) is 0 Å². The summed E-state index contributed by atoms with van der Waals surface area (Å²) < 4.78 is 27.1. The standard InChI is InChI=1S/C12H25NO4S/c1-11(2)7-10(9-17-18(6,14)15)8-12(3,4)13(11)16-5/h10H,7-9H2,1-6H3. The first-order chi connectivity index (χ1) is 7.98. The van der Waals surface area contributed by atoms with Crippen molar-refractivity contribution in [1.82, 2.24) is 5.06 Å². The third kappa shape index (κ3) is 3.91. The fraction of sp³-hybridized carbons (Fsp3) is 1.00. The second-order valence-corrected chi connectivity index (χ2v) is 8.01. The zero-order valence-corrected chi connectivity index (χ0v) is 13.0. The molecule has 6 heteroatoms. The van der Waals surface area contributed by atoms with Gasteiger partial charge >= 0.3 is 0 Å². The molecule has 1 rings (SSSR count). The largest absolute Gasteiger partial charge is 0.301 e. The highest BCUT2D eigenvalue weighted by Crippen LogP contribution is 2.41. The number of hydroxylamine groups is 2. The molecule has 1 saturated heterocycles. The molecular formula is C12H25NO4S. The minimum Gasteiger partial charge on any atom is -0.301 e. The van der Waals surface area contributed by atoms with Crippen LogP contribution in [-0.2, 0) is 19.1 Å². The maximum atomic E-state index is 11.1. The molecule has 1 heterocycles. The van der Waals surface area contributed by atoms with Crippen molar-refractivity contribution in [1.29, 1.82) is 0 Å². The van der Waals surface area contributed by atoms with Gasteiger partial charge in [-0.15, -0.1) is 0 Å². The lowest BCUT2D eigenvalue weighted by Crippen LogP contribution is -2.60. The molecule has 0 N–H and O–H groups in total. The summed E-state index contributed by atoms with van der Waals surface area (Å²) in [7, 11) is -1.68. The lowest BCUT2D eigenvalue weighted by atomic mass is 9.76. The monoisotopic (exact) mass is 279 g/mol. The highest BCUT2D eigenvalue weighted by atomic mass is 32.2. The summed E-state index contributed by atoms with van der Waals surface area (Å²) in [5.74, 6) is 0.219. The van der Waals surface area contributed by atoms with E-state index in [-0.39, 0.29) is 23.6 Å². The maximum Gasteiger partial charge on any atom is 0.264 e. The molecule has 0 aliphatic carbocycles. The Morgan fingerprint density at radius 2 is 1.61 bits per heavy atom. The van der Waals surface area contributed by atoms with Crippen LogP contribution in [0.2, 0.25) is 0 Å². The Hall–Kier alpha value is -0.170. The minimum absolute atomic E-state index is 0.137. The van der Waals surface area contributed by atoms with Crippen LogP contribution in [-0.4, -0.2) is 44.5 Å². The van der Waals surface area contributed by atoms with Gasteiger partial charge in [-0.1, -0.05) is 0 Å². The van der Waals surface area contributed by atoms with Crippen LogP contribution in [0.4, 0.5) is 0 Å². The Morgan fingerprint density at radius 3 is 1.94 bits per heavy atom. The van der Waals surface area contributed by atoms with Crippen molar-refractivity contribution in [3.8, 4) is 0 Å². The van der Waals surface area contributed by atoms with Crippen LogP contribution in [0.25, 0.3) is 0 Å². The van der Waals surface area contributed by atoms with E-state index in [0.717, 1.165) is 19.1 Å². The molecule has 0 aromatic rings. The van der Waals surface area contributed by atoms with E-state index in [1.807, 2.05) is 5.06 Å². The predicted octanol–water partition coefficient (Wildman–Crippen LogP) is 1.79. The van der Waals surface area contributed by atoms with Crippen LogP contribution >= 0.6 is 0 Å². The van der Waals surface area contributed by atoms with E-state index in [4.69, 9.17) is 9.02 Å². The first kappa shape index (κ1) is 15.9. The lowest BCUT2D eigenvalue weighted by Gasteiger charge is -2.53. The first-order valence-electron chi connectivity index (χ1n) is 6.17. The van der Waals surface area contributed by atoms with Gasteiger partial charge in [-0.25, -0.2) is 0 Å². The summed E-state index contributed by atoms with van der Waals surface area (Å²) in [5.41, 5.74) is -0.274. The molecule has 0 unspecified atom stereocenters. The second-order valence-electron chi connectivity index (χ2n) is 6.36. The third-order valence-electron chi connectivity index (χ3n) is 3.38. The molecule has 108 valence electrons. The van der Waals surface area contributed by atoms with Crippen molar-refractivity contribution in [2.24, 2.45) is 5.92 Å². The summed E-state index contributed by atoms with van der Waals surface area (Å²) >= 11 is 0. The first-order valence-corrected chi connectivity index (χ1v) is 7.98. The smallest absolute Gasteiger partial charge is 0.264 e. The van der Waals surface area contributed by atoms with Gasteiger partial charge in [-0.2, -0.15) is 13.5 Å². The van der Waals surface area contributed by atoms with Gasteiger partial charge in [0, 0.05) is 11.1 Å². The number of hydrogen-bond acceptors (Lipinski definition) is 5. The molecule has 0 radical (unpaired) electrons. The molecule has 0 saturated carbocycles. The Bertz CT molecular complexity index is 371. The molecule has 0 aromatic heterocycles. The Kier molecular flexibility index (Phi) is 4.48. The summed E-state index contributed by atoms with van der Waals surface area (Å²) in [5, 5.41) is 2.00. The number of rotatable bonds is 4. The molecule has 0 aromatic carbocycles. The number of hydrogen-bond donors (Lipinski definition) is 0. The molecule has 0 amide bonds. The molecule has 1 aliphatic rings. The molecule has 0 spiro atoms. The highest BCUT2D eigenvalue weighted by molar-refractivity contribution is 7.85. The number of nitrogens with zero attached hydrogens (tertiary/aromatic N) is 1. The predicted molar refractivity (Wildman–Crippen MR) is 70.5 cm³/mol. The van der Waals surface area contributed by atoms with Gasteiger partial charge in [0.15, 0.2) is 0 Å². The average molecular weight is 279 g/mol. The SMILES string of the molecule is CON1C(C)(C)CC(COS(C)(=O)=O)CC1(C)C. The van der Waals surface area contributed by atoms with E-state index in [9.17, 15) is 8.42 Å². The van der Waals surface area contributed by atoms with Gasteiger partial charge < -0.3 is 4.84 Å². The maximum absolute atomic E-state index is 11.1. The van der Waals surface area contributed by atoms with Crippen LogP contribution in [0, 0.1) is 5.92 Å². The molecule has 0 atom stereocenters. The van der Waals surface area contributed by atoms with Crippen LogP contribution in [0.1, 0.15) is 40.5 Å². The molecule has 5 nitrogen and oxygen atoms in total. The highest BCUT2D eigenvalue weighted by Gasteiger charge is 2.46. The van der Waals surface area contributed by atoms with Crippen molar-refractivity contribution >= 4 is 10.1 Å². The van der Waals surface area contributed by atoms with Gasteiger partial charge in [0.05, 0.1) is 20.0 Å². The van der Waals surface area contributed by atoms with Gasteiger partial charge in [-0.05, 0) is 46.5 Å². The molecule has 0 bridgehead atoms. The molecule has 18 heavy (non-hydrogen) atoms. The van der Waals surface area contributed by atoms with Crippen molar-refractivity contribution in [2.75, 3.05) is 20.0 Å². The van der Waals surface area contributed by atoms with E-state index >= 15 is 0 Å². The Morgan fingerprint density at radius 1 is 1.17 bits per heavy atom. The normalized spacial score (nSPS) is 25.2. The van der Waals surface area contributed by atoms with E-state index < -0.39 is 10.1 Å². The van der Waals surface area contributed by atoms with Gasteiger partial charge in [0.1, 0.15) is 0 Å².